The summed E-state index contributed by atoms with van der Waals surface area (Å²) in [5, 5.41) is 5.69. The van der Waals surface area contributed by atoms with Gasteiger partial charge < -0.3 is 10.1 Å². The molecule has 0 amide bonds. The number of rotatable bonds is 3. The van der Waals surface area contributed by atoms with E-state index in [4.69, 9.17) is 4.74 Å². The molecule has 1 aliphatic rings. The fourth-order valence-electron chi connectivity index (χ4n) is 3.34. The van der Waals surface area contributed by atoms with Crippen molar-refractivity contribution in [1.29, 1.82) is 0 Å². The summed E-state index contributed by atoms with van der Waals surface area (Å²) in [5.41, 5.74) is 1.29. The predicted octanol–water partition coefficient (Wildman–Crippen LogP) is 3.91. The highest BCUT2D eigenvalue weighted by atomic mass is 32.1. The lowest BCUT2D eigenvalue weighted by Crippen LogP contribution is -2.37. The van der Waals surface area contributed by atoms with Crippen LogP contribution in [0, 0.1) is 12.8 Å². The van der Waals surface area contributed by atoms with Crippen LogP contribution in [0.5, 0.6) is 0 Å². The third kappa shape index (κ3) is 2.49. The fourth-order valence-corrected chi connectivity index (χ4v) is 4.44. The van der Waals surface area contributed by atoms with Crippen LogP contribution in [0.25, 0.3) is 0 Å². The zero-order chi connectivity index (χ0) is 13.6. The molecule has 1 fully saturated rings. The first-order valence-corrected chi connectivity index (χ1v) is 7.56. The summed E-state index contributed by atoms with van der Waals surface area (Å²) in [7, 11) is 2.06. The van der Waals surface area contributed by atoms with Crippen molar-refractivity contribution in [2.45, 2.75) is 58.3 Å². The van der Waals surface area contributed by atoms with Crippen molar-refractivity contribution < 1.29 is 4.74 Å². The maximum atomic E-state index is 6.23. The highest BCUT2D eigenvalue weighted by molar-refractivity contribution is 7.10. The molecule has 18 heavy (non-hydrogen) atoms. The standard InChI is InChI=1S/C15H25NOS/c1-10-7-8-18-13(10)12(16-6)11-9-14(2,3)17-15(11,4)5/h7-8,11-12,16H,9H2,1-6H3. The van der Waals surface area contributed by atoms with Gasteiger partial charge in [-0.3, -0.25) is 0 Å². The van der Waals surface area contributed by atoms with Crippen LogP contribution in [0.1, 0.15) is 50.6 Å². The number of ether oxygens (including phenoxy) is 1. The summed E-state index contributed by atoms with van der Waals surface area (Å²) in [5.74, 6) is 0.509. The Hall–Kier alpha value is -0.380. The fraction of sp³-hybridized carbons (Fsp3) is 0.733. The zero-order valence-corrected chi connectivity index (χ0v) is 13.1. The van der Waals surface area contributed by atoms with E-state index in [9.17, 15) is 0 Å². The van der Waals surface area contributed by atoms with Gasteiger partial charge in [-0.15, -0.1) is 11.3 Å². The molecule has 2 atom stereocenters. The van der Waals surface area contributed by atoms with Gasteiger partial charge in [-0.2, -0.15) is 0 Å². The second-order valence-electron chi connectivity index (χ2n) is 6.51. The average Bonchev–Trinajstić information content (AvgIpc) is 2.71. The van der Waals surface area contributed by atoms with E-state index in [0.29, 0.717) is 12.0 Å². The molecule has 1 saturated heterocycles. The first-order chi connectivity index (χ1) is 8.27. The van der Waals surface area contributed by atoms with Crippen LogP contribution >= 0.6 is 11.3 Å². The van der Waals surface area contributed by atoms with Gasteiger partial charge in [-0.05, 0) is 65.1 Å². The van der Waals surface area contributed by atoms with E-state index >= 15 is 0 Å². The van der Waals surface area contributed by atoms with Crippen molar-refractivity contribution in [1.82, 2.24) is 5.32 Å². The lowest BCUT2D eigenvalue weighted by atomic mass is 9.80. The SMILES string of the molecule is CNC(c1sccc1C)C1CC(C)(C)OC1(C)C. The van der Waals surface area contributed by atoms with E-state index in [1.165, 1.54) is 10.4 Å². The van der Waals surface area contributed by atoms with Crippen molar-refractivity contribution in [3.8, 4) is 0 Å². The Morgan fingerprint density at radius 2 is 2.06 bits per heavy atom. The Morgan fingerprint density at radius 3 is 2.44 bits per heavy atom. The molecular weight excluding hydrogens is 242 g/mol. The van der Waals surface area contributed by atoms with Gasteiger partial charge in [0.25, 0.3) is 0 Å². The lowest BCUT2D eigenvalue weighted by Gasteiger charge is -2.32. The van der Waals surface area contributed by atoms with Crippen LogP contribution in [0.15, 0.2) is 11.4 Å². The third-order valence-electron chi connectivity index (χ3n) is 4.04. The van der Waals surface area contributed by atoms with Gasteiger partial charge in [-0.1, -0.05) is 0 Å². The average molecular weight is 267 g/mol. The molecule has 1 aromatic heterocycles. The van der Waals surface area contributed by atoms with Crippen LogP contribution < -0.4 is 5.32 Å². The molecule has 102 valence electrons. The topological polar surface area (TPSA) is 21.3 Å². The number of hydrogen-bond donors (Lipinski definition) is 1. The summed E-state index contributed by atoms with van der Waals surface area (Å²) < 4.78 is 6.23. The summed E-state index contributed by atoms with van der Waals surface area (Å²) in [4.78, 5) is 1.46. The first-order valence-electron chi connectivity index (χ1n) is 6.68. The van der Waals surface area contributed by atoms with Gasteiger partial charge in [0.1, 0.15) is 0 Å². The van der Waals surface area contributed by atoms with E-state index < -0.39 is 0 Å². The molecule has 1 N–H and O–H groups in total. The Morgan fingerprint density at radius 1 is 1.39 bits per heavy atom. The molecule has 2 unspecified atom stereocenters. The second kappa shape index (κ2) is 4.62. The molecule has 2 heterocycles. The Kier molecular flexibility index (Phi) is 3.60. The van der Waals surface area contributed by atoms with E-state index in [2.05, 4.69) is 58.4 Å². The predicted molar refractivity (Wildman–Crippen MR) is 78.2 cm³/mol. The number of aryl methyl sites for hydroxylation is 1. The highest BCUT2D eigenvalue weighted by Gasteiger charge is 2.49. The van der Waals surface area contributed by atoms with Crippen LogP contribution in [-0.2, 0) is 4.74 Å². The van der Waals surface area contributed by atoms with E-state index in [1.54, 1.807) is 0 Å². The largest absolute Gasteiger partial charge is 0.369 e. The molecule has 2 nitrogen and oxygen atoms in total. The number of nitrogens with one attached hydrogen (secondary N) is 1. The number of hydrogen-bond acceptors (Lipinski definition) is 3. The highest BCUT2D eigenvalue weighted by Crippen LogP contribution is 2.48. The van der Waals surface area contributed by atoms with E-state index in [0.717, 1.165) is 6.42 Å². The minimum atomic E-state index is -0.0758. The summed E-state index contributed by atoms with van der Waals surface area (Å²) >= 11 is 1.85. The first kappa shape index (κ1) is 14.0. The monoisotopic (exact) mass is 267 g/mol. The quantitative estimate of drug-likeness (QED) is 0.896. The lowest BCUT2D eigenvalue weighted by molar-refractivity contribution is -0.0775. The normalized spacial score (nSPS) is 27.3. The maximum absolute atomic E-state index is 6.23. The molecule has 0 bridgehead atoms. The minimum Gasteiger partial charge on any atom is -0.369 e. The molecule has 2 rings (SSSR count). The maximum Gasteiger partial charge on any atom is 0.0681 e. The van der Waals surface area contributed by atoms with Crippen LogP contribution in [0.3, 0.4) is 0 Å². The molecule has 0 spiro atoms. The summed E-state index contributed by atoms with van der Waals surface area (Å²) in [6, 6.07) is 2.60. The molecule has 0 radical (unpaired) electrons. The second-order valence-corrected chi connectivity index (χ2v) is 7.46. The van der Waals surface area contributed by atoms with Crippen LogP contribution in [-0.4, -0.2) is 18.2 Å². The molecular formula is C15H25NOS. The van der Waals surface area contributed by atoms with Gasteiger partial charge in [0, 0.05) is 16.8 Å². The zero-order valence-electron chi connectivity index (χ0n) is 12.3. The van der Waals surface area contributed by atoms with Crippen LogP contribution in [0.2, 0.25) is 0 Å². The van der Waals surface area contributed by atoms with Gasteiger partial charge in [-0.25, -0.2) is 0 Å². The van der Waals surface area contributed by atoms with Crippen molar-refractivity contribution >= 4 is 11.3 Å². The molecule has 0 saturated carbocycles. The summed E-state index contributed by atoms with van der Waals surface area (Å²) in [6.07, 6.45) is 1.10. The van der Waals surface area contributed by atoms with E-state index in [-0.39, 0.29) is 11.2 Å². The number of thiophene rings is 1. The Labute approximate surface area is 115 Å². The van der Waals surface area contributed by atoms with Gasteiger partial charge in [0.05, 0.1) is 11.2 Å². The van der Waals surface area contributed by atoms with Crippen molar-refractivity contribution in [3.05, 3.63) is 21.9 Å². The summed E-state index contributed by atoms with van der Waals surface area (Å²) in [6.45, 7) is 11.0. The smallest absolute Gasteiger partial charge is 0.0681 e. The van der Waals surface area contributed by atoms with Crippen molar-refractivity contribution in [3.63, 3.8) is 0 Å². The Bertz CT molecular complexity index is 422. The molecule has 3 heteroatoms. The molecule has 1 aromatic rings. The molecule has 0 aliphatic carbocycles. The Balaban J connectivity index is 2.32. The molecule has 1 aliphatic heterocycles. The van der Waals surface area contributed by atoms with Gasteiger partial charge in [0.2, 0.25) is 0 Å². The minimum absolute atomic E-state index is 0.0194. The van der Waals surface area contributed by atoms with Gasteiger partial charge >= 0.3 is 0 Å². The van der Waals surface area contributed by atoms with Crippen LogP contribution in [0.4, 0.5) is 0 Å². The van der Waals surface area contributed by atoms with Crippen molar-refractivity contribution in [2.75, 3.05) is 7.05 Å². The third-order valence-corrected chi connectivity index (χ3v) is 5.14. The van der Waals surface area contributed by atoms with Gasteiger partial charge in [0.15, 0.2) is 0 Å². The molecule has 0 aromatic carbocycles. The van der Waals surface area contributed by atoms with Crippen molar-refractivity contribution in [2.24, 2.45) is 5.92 Å². The van der Waals surface area contributed by atoms with E-state index in [1.807, 2.05) is 11.3 Å².